The highest BCUT2D eigenvalue weighted by Crippen LogP contribution is 2.68. The molecular formula is C38H53N7O10. The fraction of sp³-hybridized carbons (Fsp3) is 0.763. The number of nitrogens with one attached hydrogen (secondary N) is 1. The van der Waals surface area contributed by atoms with Crippen molar-refractivity contribution in [3.8, 4) is 0 Å². The van der Waals surface area contributed by atoms with Gasteiger partial charge in [0.25, 0.3) is 0 Å². The molecule has 17 nitrogen and oxygen atoms in total. The number of aromatic nitrogens is 2. The second-order valence-electron chi connectivity index (χ2n) is 16.7. The predicted molar refractivity (Wildman–Crippen MR) is 197 cm³/mol. The first-order valence-corrected chi connectivity index (χ1v) is 19.7. The summed E-state index contributed by atoms with van der Waals surface area (Å²) in [5.41, 5.74) is 8.48. The summed E-state index contributed by atoms with van der Waals surface area (Å²) < 4.78 is 21.5. The number of carboxylic acid groups (broad SMARTS) is 1. The Morgan fingerprint density at radius 1 is 1.07 bits per heavy atom. The molecule has 300 valence electrons. The van der Waals surface area contributed by atoms with Crippen molar-refractivity contribution in [2.45, 2.75) is 110 Å². The molecule has 4 aliphatic carbocycles. The lowest BCUT2D eigenvalue weighted by molar-refractivity contribution is -0.383. The van der Waals surface area contributed by atoms with Gasteiger partial charge >= 0.3 is 23.6 Å². The average molecular weight is 768 g/mol. The molecule has 0 unspecified atom stereocenters. The van der Waals surface area contributed by atoms with Crippen LogP contribution in [0.25, 0.3) is 21.5 Å². The molecule has 1 aromatic heterocycles. The number of azide groups is 1. The van der Waals surface area contributed by atoms with Crippen LogP contribution in [0.5, 0.6) is 0 Å². The number of carboxylic acids is 1. The number of benzene rings is 1. The van der Waals surface area contributed by atoms with Crippen molar-refractivity contribution in [1.82, 2.24) is 10.3 Å². The highest BCUT2D eigenvalue weighted by molar-refractivity contribution is 5.95. The zero-order valence-corrected chi connectivity index (χ0v) is 31.9. The molecule has 4 aliphatic rings. The van der Waals surface area contributed by atoms with Crippen molar-refractivity contribution >= 4 is 40.3 Å². The Morgan fingerprint density at radius 3 is 2.60 bits per heavy atom. The van der Waals surface area contributed by atoms with Crippen LogP contribution >= 0.6 is 0 Å². The first kappa shape index (κ1) is 40.2. The maximum absolute atomic E-state index is 13.5. The number of nitro benzene ring substituents is 1. The van der Waals surface area contributed by atoms with Crippen LogP contribution in [0.4, 0.5) is 11.4 Å². The largest absolute Gasteiger partial charge is 0.481 e. The number of carbonyl (C=O) groups is 3. The van der Waals surface area contributed by atoms with Gasteiger partial charge in [0.2, 0.25) is 5.52 Å². The predicted octanol–water partition coefficient (Wildman–Crippen LogP) is 7.24. The van der Waals surface area contributed by atoms with Gasteiger partial charge in [-0.3, -0.25) is 19.7 Å². The fourth-order valence-electron chi connectivity index (χ4n) is 11.3. The topological polar surface area (TPSA) is 242 Å². The number of non-ortho nitro benzene ring substituents is 1. The van der Waals surface area contributed by atoms with Crippen LogP contribution in [0, 0.1) is 56.5 Å². The lowest BCUT2D eigenvalue weighted by Crippen LogP contribution is -2.54. The highest BCUT2D eigenvalue weighted by Gasteiger charge is 2.60. The number of aliphatic carboxylic acids is 1. The molecule has 1 aromatic carbocycles. The molecule has 4 saturated carbocycles. The van der Waals surface area contributed by atoms with E-state index in [9.17, 15) is 29.6 Å². The first-order valence-electron chi connectivity index (χ1n) is 19.7. The van der Waals surface area contributed by atoms with Gasteiger partial charge in [0.1, 0.15) is 18.8 Å². The van der Waals surface area contributed by atoms with Gasteiger partial charge in [0, 0.05) is 23.9 Å². The van der Waals surface area contributed by atoms with Crippen molar-refractivity contribution < 1.29 is 43.3 Å². The molecular weight excluding hydrogens is 714 g/mol. The fourth-order valence-corrected chi connectivity index (χ4v) is 11.3. The third kappa shape index (κ3) is 8.52. The van der Waals surface area contributed by atoms with Crippen LogP contribution in [0.15, 0.2) is 21.9 Å². The van der Waals surface area contributed by atoms with E-state index in [-0.39, 0.29) is 65.1 Å². The second kappa shape index (κ2) is 17.1. The van der Waals surface area contributed by atoms with Gasteiger partial charge in [-0.25, -0.2) is 9.42 Å². The van der Waals surface area contributed by atoms with Crippen LogP contribution in [0.2, 0.25) is 0 Å². The molecule has 6 rings (SSSR count). The SMILES string of the molecule is C[C@H](CCC(=O)OCCOCCN=[N+]=[N-])[C@H]1CC[C@H]2[C@@H]3CC[C@@H]4C[C@H](OC(=O)[C@H](CC(=O)O)Nc5ccc([N+](=O)[O-])c6nonc56)CC[C@]4(C)[C@H]3CC[C@]12C. The number of esters is 2. The molecule has 1 heterocycles. The van der Waals surface area contributed by atoms with E-state index in [4.69, 9.17) is 24.4 Å². The molecule has 0 bridgehead atoms. The lowest BCUT2D eigenvalue weighted by Gasteiger charge is -2.61. The van der Waals surface area contributed by atoms with E-state index >= 15 is 0 Å². The van der Waals surface area contributed by atoms with Crippen LogP contribution < -0.4 is 5.32 Å². The van der Waals surface area contributed by atoms with E-state index in [1.807, 2.05) is 0 Å². The van der Waals surface area contributed by atoms with Gasteiger partial charge < -0.3 is 24.6 Å². The Kier molecular flexibility index (Phi) is 12.5. The van der Waals surface area contributed by atoms with Crippen LogP contribution in [-0.2, 0) is 28.6 Å². The molecule has 0 amide bonds. The van der Waals surface area contributed by atoms with Crippen molar-refractivity contribution in [2.75, 3.05) is 31.7 Å². The molecule has 0 saturated heterocycles. The third-order valence-electron chi connectivity index (χ3n) is 13.9. The molecule has 0 aliphatic heterocycles. The zero-order valence-electron chi connectivity index (χ0n) is 31.9. The van der Waals surface area contributed by atoms with E-state index in [2.05, 4.69) is 46.4 Å². The van der Waals surface area contributed by atoms with Crippen molar-refractivity contribution in [1.29, 1.82) is 0 Å². The van der Waals surface area contributed by atoms with E-state index in [1.165, 1.54) is 37.8 Å². The minimum Gasteiger partial charge on any atom is -0.481 e. The summed E-state index contributed by atoms with van der Waals surface area (Å²) in [4.78, 5) is 51.3. The monoisotopic (exact) mass is 767 g/mol. The van der Waals surface area contributed by atoms with Crippen LogP contribution in [0.1, 0.15) is 97.8 Å². The summed E-state index contributed by atoms with van der Waals surface area (Å²) in [6.07, 6.45) is 9.64. The molecule has 10 atom stereocenters. The molecule has 0 radical (unpaired) electrons. The number of nitrogens with zero attached hydrogens (tertiary/aromatic N) is 6. The quantitative estimate of drug-likeness (QED) is 0.0307. The van der Waals surface area contributed by atoms with Crippen molar-refractivity contribution in [3.63, 3.8) is 0 Å². The Hall–Kier alpha value is -4.50. The molecule has 0 spiro atoms. The third-order valence-corrected chi connectivity index (χ3v) is 13.9. The summed E-state index contributed by atoms with van der Waals surface area (Å²) in [6, 6.07) is 1.31. The normalized spacial score (nSPS) is 30.8. The van der Waals surface area contributed by atoms with Gasteiger partial charge in [-0.15, -0.1) is 0 Å². The number of rotatable bonds is 17. The number of nitro groups is 1. The van der Waals surface area contributed by atoms with Crippen molar-refractivity contribution in [3.05, 3.63) is 32.7 Å². The summed E-state index contributed by atoms with van der Waals surface area (Å²) in [7, 11) is 0. The lowest BCUT2D eigenvalue weighted by atomic mass is 9.44. The smallest absolute Gasteiger partial charge is 0.329 e. The number of carbonyl (C=O) groups excluding carboxylic acids is 2. The molecule has 2 N–H and O–H groups in total. The average Bonchev–Trinajstić information content (AvgIpc) is 3.78. The molecule has 17 heteroatoms. The Balaban J connectivity index is 1.02. The second-order valence-corrected chi connectivity index (χ2v) is 16.7. The standard InChI is InChI=1S/C38H53N7O10/c1-22(4-11-33(48)53-19-18-52-17-16-40-44-39)26-7-8-27-25-6-5-23-20-24(12-14-37(23,2)28(25)13-15-38(26,27)3)54-36(49)30(21-32(46)47)41-29-9-10-31(45(50)51)35-34(29)42-55-43-35/h9-10,22-28,30,41H,4-8,11-21H2,1-3H3,(H,46,47)/t22-,23-,24-,25+,26-,27+,28+,30+,37+,38-/m1/s1. The van der Waals surface area contributed by atoms with Crippen LogP contribution in [-0.4, -0.2) is 76.8 Å². The summed E-state index contributed by atoms with van der Waals surface area (Å²) in [6.45, 7) is 8.27. The van der Waals surface area contributed by atoms with E-state index in [1.54, 1.807) is 0 Å². The molecule has 55 heavy (non-hydrogen) atoms. The van der Waals surface area contributed by atoms with E-state index < -0.39 is 29.3 Å². The Bertz CT molecular complexity index is 1780. The minimum absolute atomic E-state index is 0.0220. The Morgan fingerprint density at radius 2 is 1.84 bits per heavy atom. The zero-order chi connectivity index (χ0) is 39.3. The minimum atomic E-state index is -1.25. The number of anilines is 1. The van der Waals surface area contributed by atoms with Gasteiger partial charge in [0.15, 0.2) is 5.52 Å². The van der Waals surface area contributed by atoms with Gasteiger partial charge in [-0.05, 0) is 132 Å². The summed E-state index contributed by atoms with van der Waals surface area (Å²) in [5.74, 6) is 1.17. The molecule has 2 aromatic rings. The maximum Gasteiger partial charge on any atom is 0.329 e. The Labute approximate surface area is 319 Å². The first-order chi connectivity index (χ1) is 26.4. The van der Waals surface area contributed by atoms with Gasteiger partial charge in [-0.2, -0.15) is 0 Å². The van der Waals surface area contributed by atoms with Crippen molar-refractivity contribution in [2.24, 2.45) is 51.5 Å². The summed E-state index contributed by atoms with van der Waals surface area (Å²) in [5, 5.41) is 34.7. The highest BCUT2D eigenvalue weighted by atomic mass is 16.6. The van der Waals surface area contributed by atoms with Crippen LogP contribution in [0.3, 0.4) is 0 Å². The summed E-state index contributed by atoms with van der Waals surface area (Å²) >= 11 is 0. The molecule has 4 fully saturated rings. The number of fused-ring (bicyclic) bond motifs is 6. The maximum atomic E-state index is 13.5. The number of ether oxygens (including phenoxy) is 3. The number of hydrogen-bond donors (Lipinski definition) is 2. The van der Waals surface area contributed by atoms with E-state index in [0.717, 1.165) is 32.1 Å². The van der Waals surface area contributed by atoms with Gasteiger partial charge in [0.05, 0.1) is 30.2 Å². The number of hydrogen-bond acceptors (Lipinski definition) is 13. The van der Waals surface area contributed by atoms with Gasteiger partial charge in [-0.1, -0.05) is 25.9 Å². The van der Waals surface area contributed by atoms with E-state index in [0.29, 0.717) is 55.0 Å².